The van der Waals surface area contributed by atoms with E-state index in [9.17, 15) is 0 Å². The number of H-pyrrole nitrogens is 1. The van der Waals surface area contributed by atoms with Crippen molar-refractivity contribution in [2.75, 3.05) is 14.1 Å². The number of aromatic nitrogens is 2. The molecule has 0 atom stereocenters. The molecule has 0 radical (unpaired) electrons. The van der Waals surface area contributed by atoms with Crippen LogP contribution in [0.3, 0.4) is 0 Å². The number of hydrogen-bond acceptors (Lipinski definition) is 2. The van der Waals surface area contributed by atoms with Crippen molar-refractivity contribution in [3.63, 3.8) is 0 Å². The van der Waals surface area contributed by atoms with Crippen LogP contribution in [-0.4, -0.2) is 35.5 Å². The molecule has 0 aromatic carbocycles. The third kappa shape index (κ3) is 2.89. The molecule has 4 heteroatoms. The third-order valence-corrected chi connectivity index (χ3v) is 1.60. The van der Waals surface area contributed by atoms with Crippen LogP contribution in [0.4, 0.5) is 5.82 Å². The van der Waals surface area contributed by atoms with Gasteiger partial charge in [0.2, 0.25) is 0 Å². The molecular weight excluding hydrogens is 164 g/mol. The lowest BCUT2D eigenvalue weighted by atomic mass is 10.1. The molecule has 1 heterocycles. The lowest BCUT2D eigenvalue weighted by molar-refractivity contribution is 0.643. The van der Waals surface area contributed by atoms with E-state index in [1.54, 1.807) is 6.34 Å². The average Bonchev–Trinajstić information content (AvgIpc) is 2.48. The second kappa shape index (κ2) is 4.07. The normalized spacial score (nSPS) is 11.5. The van der Waals surface area contributed by atoms with Crippen LogP contribution in [-0.2, 0) is 0 Å². The molecule has 0 spiro atoms. The summed E-state index contributed by atoms with van der Waals surface area (Å²) in [5.74, 6) is 1.25. The molecule has 0 aliphatic rings. The highest BCUT2D eigenvalue weighted by Gasteiger charge is 2.02. The maximum Gasteiger partial charge on any atom is 0.149 e. The van der Waals surface area contributed by atoms with E-state index in [1.165, 1.54) is 0 Å². The van der Waals surface area contributed by atoms with Crippen LogP contribution < -0.4 is 0 Å². The highest BCUT2D eigenvalue weighted by atomic mass is 15.2. The Hall–Kier alpha value is -1.32. The molecule has 1 N–H and O–H groups in total. The smallest absolute Gasteiger partial charge is 0.149 e. The zero-order valence-electron chi connectivity index (χ0n) is 8.57. The number of rotatable bonds is 3. The Kier molecular flexibility index (Phi) is 3.06. The Labute approximate surface area is 78.7 Å². The molecule has 0 aliphatic heterocycles. The fourth-order valence-electron chi connectivity index (χ4n) is 0.866. The quantitative estimate of drug-likeness (QED) is 0.569. The molecule has 0 saturated carbocycles. The molecule has 0 fully saturated rings. The van der Waals surface area contributed by atoms with Crippen molar-refractivity contribution in [3.8, 4) is 0 Å². The van der Waals surface area contributed by atoms with Crippen molar-refractivity contribution >= 4 is 12.2 Å². The van der Waals surface area contributed by atoms with Crippen LogP contribution >= 0.6 is 0 Å². The number of aliphatic imine (C=N–C) groups is 1. The van der Waals surface area contributed by atoms with Crippen LogP contribution in [0.5, 0.6) is 0 Å². The van der Waals surface area contributed by atoms with Gasteiger partial charge in [-0.1, -0.05) is 13.8 Å². The zero-order valence-corrected chi connectivity index (χ0v) is 8.57. The lowest BCUT2D eigenvalue weighted by Crippen LogP contribution is -2.06. The first-order valence-corrected chi connectivity index (χ1v) is 4.35. The monoisotopic (exact) mass is 180 g/mol. The van der Waals surface area contributed by atoms with Gasteiger partial charge in [-0.2, -0.15) is 5.10 Å². The van der Waals surface area contributed by atoms with Crippen LogP contribution in [0.1, 0.15) is 25.5 Å². The summed E-state index contributed by atoms with van der Waals surface area (Å²) in [4.78, 5) is 6.08. The molecule has 1 aromatic heterocycles. The van der Waals surface area contributed by atoms with Gasteiger partial charge in [-0.05, 0) is 5.92 Å². The minimum Gasteiger partial charge on any atom is -0.369 e. The Bertz CT molecular complexity index is 286. The van der Waals surface area contributed by atoms with Crippen molar-refractivity contribution in [3.05, 3.63) is 11.8 Å². The van der Waals surface area contributed by atoms with Gasteiger partial charge in [0.1, 0.15) is 5.82 Å². The maximum atomic E-state index is 4.19. The van der Waals surface area contributed by atoms with E-state index in [4.69, 9.17) is 0 Å². The Morgan fingerprint density at radius 1 is 1.54 bits per heavy atom. The van der Waals surface area contributed by atoms with Gasteiger partial charge in [0.15, 0.2) is 0 Å². The van der Waals surface area contributed by atoms with Gasteiger partial charge in [0.05, 0.1) is 12.0 Å². The second-order valence-corrected chi connectivity index (χ2v) is 3.54. The Morgan fingerprint density at radius 3 is 2.69 bits per heavy atom. The van der Waals surface area contributed by atoms with E-state index in [0.717, 1.165) is 11.5 Å². The maximum absolute atomic E-state index is 4.19. The standard InChI is InChI=1S/C9H16N4/c1-7(2)8-5-9(12-11-8)10-6-13(3)4/h5-7H,1-4H3,(H,11,12)/b10-6+. The van der Waals surface area contributed by atoms with Crippen LogP contribution in [0, 0.1) is 0 Å². The molecule has 0 unspecified atom stereocenters. The molecule has 13 heavy (non-hydrogen) atoms. The summed E-state index contributed by atoms with van der Waals surface area (Å²) in [6, 6.07) is 1.96. The SMILES string of the molecule is CC(C)c1cc(/N=C/N(C)C)[nH]n1. The average molecular weight is 180 g/mol. The summed E-state index contributed by atoms with van der Waals surface area (Å²) in [7, 11) is 3.87. The molecule has 0 bridgehead atoms. The molecular formula is C9H16N4. The summed E-state index contributed by atoms with van der Waals surface area (Å²) < 4.78 is 0. The van der Waals surface area contributed by atoms with Gasteiger partial charge in [-0.15, -0.1) is 0 Å². The predicted octanol–water partition coefficient (Wildman–Crippen LogP) is 1.75. The third-order valence-electron chi connectivity index (χ3n) is 1.60. The fraction of sp³-hybridized carbons (Fsp3) is 0.556. The molecule has 0 amide bonds. The van der Waals surface area contributed by atoms with Crippen LogP contribution in [0.2, 0.25) is 0 Å². The van der Waals surface area contributed by atoms with E-state index in [1.807, 2.05) is 25.1 Å². The zero-order chi connectivity index (χ0) is 9.84. The Morgan fingerprint density at radius 2 is 2.23 bits per heavy atom. The lowest BCUT2D eigenvalue weighted by Gasteiger charge is -2.00. The van der Waals surface area contributed by atoms with Crippen molar-refractivity contribution in [2.24, 2.45) is 4.99 Å². The summed E-state index contributed by atoms with van der Waals surface area (Å²) in [6.45, 7) is 4.21. The van der Waals surface area contributed by atoms with Crippen molar-refractivity contribution < 1.29 is 0 Å². The highest BCUT2D eigenvalue weighted by molar-refractivity contribution is 5.58. The van der Waals surface area contributed by atoms with Gasteiger partial charge in [0.25, 0.3) is 0 Å². The predicted molar refractivity (Wildman–Crippen MR) is 54.5 cm³/mol. The summed E-state index contributed by atoms with van der Waals surface area (Å²) in [5.41, 5.74) is 1.05. The minimum atomic E-state index is 0.444. The Balaban J connectivity index is 2.69. The topological polar surface area (TPSA) is 44.3 Å². The van der Waals surface area contributed by atoms with E-state index < -0.39 is 0 Å². The van der Waals surface area contributed by atoms with E-state index in [2.05, 4.69) is 29.0 Å². The van der Waals surface area contributed by atoms with E-state index >= 15 is 0 Å². The summed E-state index contributed by atoms with van der Waals surface area (Å²) in [6.07, 6.45) is 1.75. The number of nitrogens with one attached hydrogen (secondary N) is 1. The largest absolute Gasteiger partial charge is 0.369 e. The molecule has 1 rings (SSSR count). The fourth-order valence-corrected chi connectivity index (χ4v) is 0.866. The number of nitrogens with zero attached hydrogens (tertiary/aromatic N) is 3. The van der Waals surface area contributed by atoms with E-state index in [0.29, 0.717) is 5.92 Å². The highest BCUT2D eigenvalue weighted by Crippen LogP contribution is 2.16. The van der Waals surface area contributed by atoms with E-state index in [-0.39, 0.29) is 0 Å². The first-order valence-electron chi connectivity index (χ1n) is 4.35. The van der Waals surface area contributed by atoms with Crippen LogP contribution in [0.25, 0.3) is 0 Å². The molecule has 0 aliphatic carbocycles. The van der Waals surface area contributed by atoms with Gasteiger partial charge < -0.3 is 4.90 Å². The van der Waals surface area contributed by atoms with Crippen molar-refractivity contribution in [2.45, 2.75) is 19.8 Å². The molecule has 1 aromatic rings. The molecule has 72 valence electrons. The first kappa shape index (κ1) is 9.77. The van der Waals surface area contributed by atoms with Gasteiger partial charge >= 0.3 is 0 Å². The van der Waals surface area contributed by atoms with Crippen LogP contribution in [0.15, 0.2) is 11.1 Å². The summed E-state index contributed by atoms with van der Waals surface area (Å²) >= 11 is 0. The minimum absolute atomic E-state index is 0.444. The molecule has 4 nitrogen and oxygen atoms in total. The van der Waals surface area contributed by atoms with Crippen molar-refractivity contribution in [1.29, 1.82) is 0 Å². The second-order valence-electron chi connectivity index (χ2n) is 3.54. The van der Waals surface area contributed by atoms with Gasteiger partial charge in [0, 0.05) is 20.2 Å². The van der Waals surface area contributed by atoms with Gasteiger partial charge in [-0.3, -0.25) is 5.10 Å². The number of hydrogen-bond donors (Lipinski definition) is 1. The summed E-state index contributed by atoms with van der Waals surface area (Å²) in [5, 5.41) is 7.00. The number of aromatic amines is 1. The molecule has 0 saturated heterocycles. The van der Waals surface area contributed by atoms with Gasteiger partial charge in [-0.25, -0.2) is 4.99 Å². The van der Waals surface area contributed by atoms with Crippen molar-refractivity contribution in [1.82, 2.24) is 15.1 Å². The first-order chi connectivity index (χ1) is 6.09.